The van der Waals surface area contributed by atoms with Gasteiger partial charge in [0, 0.05) is 24.2 Å². The molecule has 0 fully saturated rings. The minimum atomic E-state index is -0.103. The molecular formula is C8H8ClN3O. The van der Waals surface area contributed by atoms with Crippen molar-refractivity contribution in [1.29, 1.82) is 0 Å². The van der Waals surface area contributed by atoms with Crippen LogP contribution in [0.5, 0.6) is 0 Å². The number of carbonyl (C=O) groups excluding carboxylic acids is 1. The van der Waals surface area contributed by atoms with Gasteiger partial charge < -0.3 is 11.1 Å². The maximum Gasteiger partial charge on any atom is 0.252 e. The number of fused-ring (bicyclic) bond motifs is 1. The highest BCUT2D eigenvalue weighted by Gasteiger charge is 2.22. The predicted molar refractivity (Wildman–Crippen MR) is 48.3 cm³/mol. The summed E-state index contributed by atoms with van der Waals surface area (Å²) in [6, 6.07) is 1.57. The lowest BCUT2D eigenvalue weighted by molar-refractivity contribution is 0.0965. The van der Waals surface area contributed by atoms with Crippen molar-refractivity contribution in [3.05, 3.63) is 28.0 Å². The Labute approximate surface area is 80.1 Å². The number of hydrogen-bond donors (Lipinski definition) is 2. The van der Waals surface area contributed by atoms with Gasteiger partial charge in [0.15, 0.2) is 0 Å². The number of nitrogens with one attached hydrogen (secondary N) is 1. The lowest BCUT2D eigenvalue weighted by Crippen LogP contribution is -2.12. The molecule has 1 amide bonds. The lowest BCUT2D eigenvalue weighted by Gasteiger charge is -2.02. The van der Waals surface area contributed by atoms with Gasteiger partial charge in [-0.05, 0) is 6.07 Å². The third-order valence-electron chi connectivity index (χ3n) is 2.04. The van der Waals surface area contributed by atoms with E-state index >= 15 is 0 Å². The Morgan fingerprint density at radius 1 is 1.69 bits per heavy atom. The number of halogens is 1. The second kappa shape index (κ2) is 2.97. The van der Waals surface area contributed by atoms with Crippen molar-refractivity contribution in [3.63, 3.8) is 0 Å². The number of hydrogen-bond acceptors (Lipinski definition) is 3. The van der Waals surface area contributed by atoms with Crippen LogP contribution in [0.4, 0.5) is 0 Å². The van der Waals surface area contributed by atoms with Gasteiger partial charge in [-0.2, -0.15) is 0 Å². The largest absolute Gasteiger partial charge is 0.348 e. The Bertz CT molecular complexity index is 378. The summed E-state index contributed by atoms with van der Waals surface area (Å²) in [6.07, 6.45) is 0. The molecular weight excluding hydrogens is 190 g/mol. The Kier molecular flexibility index (Phi) is 1.94. The highest BCUT2D eigenvalue weighted by atomic mass is 35.5. The third kappa shape index (κ3) is 1.28. The van der Waals surface area contributed by atoms with Gasteiger partial charge >= 0.3 is 0 Å². The molecule has 0 bridgehead atoms. The van der Waals surface area contributed by atoms with Crippen LogP contribution in [0.25, 0.3) is 0 Å². The normalized spacial score (nSPS) is 14.2. The van der Waals surface area contributed by atoms with Crippen LogP contribution in [0.2, 0.25) is 5.15 Å². The fourth-order valence-electron chi connectivity index (χ4n) is 1.42. The molecule has 0 spiro atoms. The molecule has 0 aromatic carbocycles. The molecule has 0 saturated heterocycles. The molecule has 3 N–H and O–H groups in total. The number of nitrogens with two attached hydrogens (primary N) is 1. The van der Waals surface area contributed by atoms with Gasteiger partial charge in [-0.25, -0.2) is 4.98 Å². The van der Waals surface area contributed by atoms with E-state index in [0.29, 0.717) is 29.5 Å². The van der Waals surface area contributed by atoms with Crippen molar-refractivity contribution in [2.24, 2.45) is 5.73 Å². The van der Waals surface area contributed by atoms with Crippen LogP contribution < -0.4 is 11.1 Å². The number of carbonyl (C=O) groups is 1. The molecule has 0 atom stereocenters. The van der Waals surface area contributed by atoms with Crippen molar-refractivity contribution in [1.82, 2.24) is 10.3 Å². The fourth-order valence-corrected chi connectivity index (χ4v) is 1.63. The van der Waals surface area contributed by atoms with Crippen LogP contribution >= 0.6 is 11.6 Å². The van der Waals surface area contributed by atoms with Gasteiger partial charge in [0.05, 0.1) is 5.69 Å². The maximum absolute atomic E-state index is 11.2. The molecule has 2 heterocycles. The number of pyridine rings is 1. The molecule has 0 radical (unpaired) electrons. The van der Waals surface area contributed by atoms with Crippen molar-refractivity contribution in [2.45, 2.75) is 13.1 Å². The van der Waals surface area contributed by atoms with Crippen LogP contribution in [-0.2, 0) is 13.1 Å². The molecule has 0 aliphatic carbocycles. The van der Waals surface area contributed by atoms with E-state index in [1.165, 1.54) is 0 Å². The van der Waals surface area contributed by atoms with Crippen LogP contribution in [-0.4, -0.2) is 10.9 Å². The molecule has 2 rings (SSSR count). The van der Waals surface area contributed by atoms with Gasteiger partial charge in [0.25, 0.3) is 5.91 Å². The van der Waals surface area contributed by atoms with Crippen molar-refractivity contribution in [3.8, 4) is 0 Å². The minimum Gasteiger partial charge on any atom is -0.348 e. The summed E-state index contributed by atoms with van der Waals surface area (Å²) in [6.45, 7) is 0.808. The molecule has 0 saturated carbocycles. The second-order valence-electron chi connectivity index (χ2n) is 2.80. The Balaban J connectivity index is 2.63. The first-order valence-corrected chi connectivity index (χ1v) is 4.26. The smallest absolute Gasteiger partial charge is 0.252 e. The number of rotatable bonds is 1. The Morgan fingerprint density at radius 2 is 2.46 bits per heavy atom. The molecule has 5 heteroatoms. The Morgan fingerprint density at radius 3 is 3.15 bits per heavy atom. The SMILES string of the molecule is NCc1nc(Cl)cc2c1CNC2=O. The Hall–Kier alpha value is -1.13. The molecule has 1 aromatic heterocycles. The molecule has 4 nitrogen and oxygen atoms in total. The van der Waals surface area contributed by atoms with E-state index in [1.54, 1.807) is 6.07 Å². The van der Waals surface area contributed by atoms with E-state index in [2.05, 4.69) is 10.3 Å². The van der Waals surface area contributed by atoms with Gasteiger partial charge in [-0.3, -0.25) is 4.79 Å². The monoisotopic (exact) mass is 197 g/mol. The molecule has 68 valence electrons. The first kappa shape index (κ1) is 8.47. The summed E-state index contributed by atoms with van der Waals surface area (Å²) in [5, 5.41) is 3.01. The first-order valence-electron chi connectivity index (χ1n) is 3.89. The van der Waals surface area contributed by atoms with Crippen LogP contribution in [0.15, 0.2) is 6.07 Å². The lowest BCUT2D eigenvalue weighted by atomic mass is 10.1. The van der Waals surface area contributed by atoms with E-state index in [4.69, 9.17) is 17.3 Å². The summed E-state index contributed by atoms with van der Waals surface area (Å²) in [5.41, 5.74) is 7.64. The van der Waals surface area contributed by atoms with E-state index in [-0.39, 0.29) is 5.91 Å². The highest BCUT2D eigenvalue weighted by Crippen LogP contribution is 2.21. The van der Waals surface area contributed by atoms with E-state index in [1.807, 2.05) is 0 Å². The summed E-state index contributed by atoms with van der Waals surface area (Å²) >= 11 is 5.73. The van der Waals surface area contributed by atoms with Gasteiger partial charge in [-0.15, -0.1) is 0 Å². The maximum atomic E-state index is 11.2. The second-order valence-corrected chi connectivity index (χ2v) is 3.19. The average molecular weight is 198 g/mol. The topological polar surface area (TPSA) is 68.0 Å². The fraction of sp³-hybridized carbons (Fsp3) is 0.250. The molecule has 1 aliphatic rings. The van der Waals surface area contributed by atoms with Crippen LogP contribution in [0.3, 0.4) is 0 Å². The average Bonchev–Trinajstić information content (AvgIpc) is 2.47. The number of aromatic nitrogens is 1. The third-order valence-corrected chi connectivity index (χ3v) is 2.24. The summed E-state index contributed by atoms with van der Waals surface area (Å²) in [5.74, 6) is -0.103. The summed E-state index contributed by atoms with van der Waals surface area (Å²) < 4.78 is 0. The first-order chi connectivity index (χ1) is 6.22. The minimum absolute atomic E-state index is 0.103. The van der Waals surface area contributed by atoms with E-state index in [0.717, 1.165) is 5.56 Å². The summed E-state index contributed by atoms with van der Waals surface area (Å²) in [4.78, 5) is 15.3. The van der Waals surface area contributed by atoms with Crippen LogP contribution in [0.1, 0.15) is 21.6 Å². The van der Waals surface area contributed by atoms with Crippen molar-refractivity contribution >= 4 is 17.5 Å². The zero-order chi connectivity index (χ0) is 9.42. The van der Waals surface area contributed by atoms with Gasteiger partial charge in [0.2, 0.25) is 0 Å². The van der Waals surface area contributed by atoms with Crippen molar-refractivity contribution in [2.75, 3.05) is 0 Å². The predicted octanol–water partition coefficient (Wildman–Crippen LogP) is 0.437. The standard InChI is InChI=1S/C8H8ClN3O/c9-7-1-4-5(3-11-8(4)13)6(2-10)12-7/h1H,2-3,10H2,(H,11,13). The van der Waals surface area contributed by atoms with E-state index < -0.39 is 0 Å². The van der Waals surface area contributed by atoms with E-state index in [9.17, 15) is 4.79 Å². The number of nitrogens with zero attached hydrogens (tertiary/aromatic N) is 1. The zero-order valence-corrected chi connectivity index (χ0v) is 7.56. The molecule has 13 heavy (non-hydrogen) atoms. The van der Waals surface area contributed by atoms with Gasteiger partial charge in [-0.1, -0.05) is 11.6 Å². The summed E-state index contributed by atoms with van der Waals surface area (Å²) in [7, 11) is 0. The molecule has 1 aromatic rings. The van der Waals surface area contributed by atoms with Gasteiger partial charge in [0.1, 0.15) is 5.15 Å². The number of amides is 1. The van der Waals surface area contributed by atoms with Crippen molar-refractivity contribution < 1.29 is 4.79 Å². The zero-order valence-electron chi connectivity index (χ0n) is 6.80. The molecule has 0 unspecified atom stereocenters. The quantitative estimate of drug-likeness (QED) is 0.642. The van der Waals surface area contributed by atoms with Crippen LogP contribution in [0, 0.1) is 0 Å². The highest BCUT2D eigenvalue weighted by molar-refractivity contribution is 6.29. The molecule has 1 aliphatic heterocycles.